The molecule has 0 radical (unpaired) electrons. The molecule has 178 valence electrons. The van der Waals surface area contributed by atoms with Gasteiger partial charge in [-0.25, -0.2) is 4.68 Å². The number of carbonyl (C=O) groups excluding carboxylic acids is 3. The van der Waals surface area contributed by atoms with Gasteiger partial charge in [0.25, 0.3) is 5.91 Å². The summed E-state index contributed by atoms with van der Waals surface area (Å²) in [6.07, 6.45) is 1.69. The Bertz CT molecular complexity index is 1270. The molecular formula is C24H22ClN7O3. The zero-order valence-corrected chi connectivity index (χ0v) is 19.6. The van der Waals surface area contributed by atoms with Crippen molar-refractivity contribution in [2.24, 2.45) is 5.92 Å². The molecule has 2 atom stereocenters. The van der Waals surface area contributed by atoms with Crippen molar-refractivity contribution in [3.63, 3.8) is 0 Å². The molecule has 0 bridgehead atoms. The first kappa shape index (κ1) is 23.9. The molecule has 1 aromatic heterocycles. The van der Waals surface area contributed by atoms with Gasteiger partial charge in [0.05, 0.1) is 30.4 Å². The van der Waals surface area contributed by atoms with Gasteiger partial charge >= 0.3 is 0 Å². The number of benzene rings is 2. The second-order valence-electron chi connectivity index (χ2n) is 8.16. The molecule has 11 heteroatoms. The van der Waals surface area contributed by atoms with Crippen molar-refractivity contribution in [2.75, 3.05) is 25.5 Å². The average molecular weight is 492 g/mol. The minimum atomic E-state index is -0.747. The molecule has 1 fully saturated rings. The van der Waals surface area contributed by atoms with Gasteiger partial charge in [-0.1, -0.05) is 35.0 Å². The van der Waals surface area contributed by atoms with Crippen LogP contribution in [0.3, 0.4) is 0 Å². The molecule has 2 heterocycles. The number of nitriles is 1. The normalized spacial score (nSPS) is 17.0. The van der Waals surface area contributed by atoms with E-state index in [0.717, 1.165) is 0 Å². The van der Waals surface area contributed by atoms with Crippen molar-refractivity contribution in [1.82, 2.24) is 24.8 Å². The molecule has 10 nitrogen and oxygen atoms in total. The highest BCUT2D eigenvalue weighted by molar-refractivity contribution is 6.30. The Morgan fingerprint density at radius 2 is 1.89 bits per heavy atom. The van der Waals surface area contributed by atoms with Crippen molar-refractivity contribution in [3.05, 3.63) is 71.5 Å². The number of carbonyl (C=O) groups is 3. The molecule has 3 aromatic rings. The minimum absolute atomic E-state index is 0.0635. The van der Waals surface area contributed by atoms with E-state index >= 15 is 0 Å². The maximum absolute atomic E-state index is 12.9. The quantitative estimate of drug-likeness (QED) is 0.564. The molecule has 4 rings (SSSR count). The molecule has 2 unspecified atom stereocenters. The highest BCUT2D eigenvalue weighted by Gasteiger charge is 2.39. The molecule has 2 aromatic carbocycles. The summed E-state index contributed by atoms with van der Waals surface area (Å²) in [5.41, 5.74) is 1.38. The van der Waals surface area contributed by atoms with E-state index in [0.29, 0.717) is 16.4 Å². The number of nitrogens with zero attached hydrogens (tertiary/aromatic N) is 6. The van der Waals surface area contributed by atoms with E-state index in [9.17, 15) is 19.6 Å². The number of hydrogen-bond donors (Lipinski definition) is 1. The Balaban J connectivity index is 1.37. The van der Waals surface area contributed by atoms with E-state index in [4.69, 9.17) is 11.6 Å². The summed E-state index contributed by atoms with van der Waals surface area (Å²) in [5, 5.41) is 20.8. The van der Waals surface area contributed by atoms with Gasteiger partial charge in [0.15, 0.2) is 5.69 Å². The molecule has 0 saturated carbocycles. The SMILES string of the molecule is CN(CC(=O)N1CC(C(=O)Nc2ccccc2)CC1C#N)C(=O)c1cn(-c2ccc(Cl)cc2)nn1. The first-order valence-electron chi connectivity index (χ1n) is 10.8. The third kappa shape index (κ3) is 5.47. The molecule has 3 amide bonds. The van der Waals surface area contributed by atoms with E-state index in [2.05, 4.69) is 21.7 Å². The fourth-order valence-electron chi connectivity index (χ4n) is 3.83. The third-order valence-corrected chi connectivity index (χ3v) is 5.96. The lowest BCUT2D eigenvalue weighted by molar-refractivity contribution is -0.131. The van der Waals surface area contributed by atoms with Crippen molar-refractivity contribution in [2.45, 2.75) is 12.5 Å². The Labute approximate surface area is 206 Å². The summed E-state index contributed by atoms with van der Waals surface area (Å²) >= 11 is 5.90. The molecule has 0 aliphatic carbocycles. The number of amides is 3. The first-order valence-corrected chi connectivity index (χ1v) is 11.2. The molecular weight excluding hydrogens is 470 g/mol. The zero-order chi connectivity index (χ0) is 24.9. The molecule has 0 spiro atoms. The van der Waals surface area contributed by atoms with Crippen LogP contribution < -0.4 is 5.32 Å². The van der Waals surface area contributed by atoms with Crippen LogP contribution in [0.2, 0.25) is 5.02 Å². The number of rotatable bonds is 6. The summed E-state index contributed by atoms with van der Waals surface area (Å²) in [6, 6.07) is 17.2. The third-order valence-electron chi connectivity index (χ3n) is 5.71. The van der Waals surface area contributed by atoms with Gasteiger partial charge in [0.2, 0.25) is 11.8 Å². The van der Waals surface area contributed by atoms with Gasteiger partial charge in [-0.2, -0.15) is 5.26 Å². The van der Waals surface area contributed by atoms with E-state index in [-0.39, 0.29) is 31.1 Å². The Morgan fingerprint density at radius 1 is 1.17 bits per heavy atom. The average Bonchev–Trinajstić information content (AvgIpc) is 3.52. The molecule has 1 saturated heterocycles. The lowest BCUT2D eigenvalue weighted by Gasteiger charge is -2.23. The number of nitrogens with one attached hydrogen (secondary N) is 1. The molecule has 1 aliphatic rings. The van der Waals surface area contributed by atoms with E-state index < -0.39 is 23.8 Å². The van der Waals surface area contributed by atoms with Crippen molar-refractivity contribution < 1.29 is 14.4 Å². The van der Waals surface area contributed by atoms with Gasteiger partial charge < -0.3 is 15.1 Å². The highest BCUT2D eigenvalue weighted by Crippen LogP contribution is 2.25. The number of anilines is 1. The summed E-state index contributed by atoms with van der Waals surface area (Å²) in [5.74, 6) is -1.70. The van der Waals surface area contributed by atoms with Crippen LogP contribution in [0, 0.1) is 17.2 Å². The van der Waals surface area contributed by atoms with Crippen LogP contribution >= 0.6 is 11.6 Å². The smallest absolute Gasteiger partial charge is 0.276 e. The van der Waals surface area contributed by atoms with Crippen LogP contribution in [0.4, 0.5) is 5.69 Å². The summed E-state index contributed by atoms with van der Waals surface area (Å²) in [7, 11) is 1.47. The van der Waals surface area contributed by atoms with Crippen LogP contribution in [0.5, 0.6) is 0 Å². The zero-order valence-electron chi connectivity index (χ0n) is 18.8. The van der Waals surface area contributed by atoms with E-state index in [1.165, 1.54) is 27.7 Å². The Hall–Kier alpha value is -4.23. The highest BCUT2D eigenvalue weighted by atomic mass is 35.5. The second kappa shape index (κ2) is 10.4. The van der Waals surface area contributed by atoms with Crippen molar-refractivity contribution in [3.8, 4) is 11.8 Å². The van der Waals surface area contributed by atoms with Gasteiger partial charge in [-0.05, 0) is 42.8 Å². The van der Waals surface area contributed by atoms with Gasteiger partial charge in [0.1, 0.15) is 6.04 Å². The largest absolute Gasteiger partial charge is 0.331 e. The van der Waals surface area contributed by atoms with Crippen LogP contribution in [0.25, 0.3) is 5.69 Å². The number of likely N-dealkylation sites (N-methyl/N-ethyl adjacent to an activating group) is 1. The number of aromatic nitrogens is 3. The standard InChI is InChI=1S/C24H22ClN7O3/c1-30(24(35)21-14-32(29-28-21)19-9-7-17(25)8-10-19)15-22(33)31-13-16(11-20(31)12-26)23(34)27-18-5-3-2-4-6-18/h2-10,14,16,20H,11,13,15H2,1H3,(H,27,34). The Kier molecular flexibility index (Phi) is 7.08. The van der Waals surface area contributed by atoms with Gasteiger partial charge in [0, 0.05) is 24.3 Å². The number of likely N-dealkylation sites (tertiary alicyclic amines) is 1. The van der Waals surface area contributed by atoms with E-state index in [1.807, 2.05) is 6.07 Å². The lowest BCUT2D eigenvalue weighted by atomic mass is 10.1. The number of halogens is 1. The second-order valence-corrected chi connectivity index (χ2v) is 8.60. The molecule has 1 aliphatic heterocycles. The predicted octanol–water partition coefficient (Wildman–Crippen LogP) is 2.37. The van der Waals surface area contributed by atoms with Crippen LogP contribution in [-0.4, -0.2) is 68.7 Å². The lowest BCUT2D eigenvalue weighted by Crippen LogP contribution is -2.43. The maximum Gasteiger partial charge on any atom is 0.276 e. The molecule has 35 heavy (non-hydrogen) atoms. The van der Waals surface area contributed by atoms with Gasteiger partial charge in [-0.15, -0.1) is 5.10 Å². The summed E-state index contributed by atoms with van der Waals surface area (Å²) in [6.45, 7) is -0.164. The topological polar surface area (TPSA) is 124 Å². The number of para-hydroxylation sites is 1. The van der Waals surface area contributed by atoms with Crippen LogP contribution in [0.15, 0.2) is 60.8 Å². The maximum atomic E-state index is 12.9. The van der Waals surface area contributed by atoms with Crippen molar-refractivity contribution >= 4 is 35.0 Å². The van der Waals surface area contributed by atoms with Crippen LogP contribution in [0.1, 0.15) is 16.9 Å². The predicted molar refractivity (Wildman–Crippen MR) is 128 cm³/mol. The Morgan fingerprint density at radius 3 is 2.57 bits per heavy atom. The van der Waals surface area contributed by atoms with Gasteiger partial charge in [-0.3, -0.25) is 14.4 Å². The van der Waals surface area contributed by atoms with Crippen molar-refractivity contribution in [1.29, 1.82) is 5.26 Å². The fourth-order valence-corrected chi connectivity index (χ4v) is 3.96. The molecule has 1 N–H and O–H groups in total. The monoisotopic (exact) mass is 491 g/mol. The first-order chi connectivity index (χ1) is 16.9. The summed E-state index contributed by atoms with van der Waals surface area (Å²) < 4.78 is 1.43. The fraction of sp³-hybridized carbons (Fsp3) is 0.250. The number of hydrogen-bond acceptors (Lipinski definition) is 6. The minimum Gasteiger partial charge on any atom is -0.331 e. The van der Waals surface area contributed by atoms with Crippen LogP contribution in [-0.2, 0) is 9.59 Å². The summed E-state index contributed by atoms with van der Waals surface area (Å²) in [4.78, 5) is 41.0. The van der Waals surface area contributed by atoms with E-state index in [1.54, 1.807) is 48.5 Å².